The third-order valence-electron chi connectivity index (χ3n) is 1.97. The number of carbonyl (C=O) groups excluding carboxylic acids is 1. The molecular formula is C15H12O. The molecule has 0 aliphatic heterocycles. The smallest absolute Gasteiger partial charge is 0.185 e. The number of allylic oxidation sites excluding steroid dienone is 1. The van der Waals surface area contributed by atoms with E-state index in [-0.39, 0.29) is 5.56 Å². The molecule has 0 aliphatic rings. The van der Waals surface area contributed by atoms with Crippen molar-refractivity contribution in [3.05, 3.63) is 77.7 Å². The van der Waals surface area contributed by atoms with Gasteiger partial charge in [0.25, 0.3) is 0 Å². The fraction of sp³-hybridized carbons (Fsp3) is 0. The number of hydrogen-bond donors (Lipinski definition) is 0. The Bertz CT molecular complexity index is 694. The molecule has 16 heavy (non-hydrogen) atoms. The van der Waals surface area contributed by atoms with Gasteiger partial charge in [-0.3, -0.25) is 4.79 Å². The summed E-state index contributed by atoms with van der Waals surface area (Å²) in [7, 11) is 0. The summed E-state index contributed by atoms with van der Waals surface area (Å²) in [5.41, 5.74) is 0.478. The Kier molecular flexibility index (Phi) is 1.84. The lowest BCUT2D eigenvalue weighted by Gasteiger charge is -1.94. The van der Waals surface area contributed by atoms with Crippen LogP contribution in [0.2, 0.25) is 0 Å². The van der Waals surface area contributed by atoms with Gasteiger partial charge < -0.3 is 0 Å². The second-order valence-electron chi connectivity index (χ2n) is 3.11. The Hall–Kier alpha value is -2.15. The summed E-state index contributed by atoms with van der Waals surface area (Å²) in [5.74, 6) is -0.615. The van der Waals surface area contributed by atoms with Gasteiger partial charge in [-0.15, -0.1) is 0 Å². The van der Waals surface area contributed by atoms with Crippen LogP contribution in [-0.2, 0) is 0 Å². The predicted octanol–water partition coefficient (Wildman–Crippen LogP) is 3.58. The van der Waals surface area contributed by atoms with Gasteiger partial charge in [0.2, 0.25) is 0 Å². The van der Waals surface area contributed by atoms with Crippen LogP contribution in [0.4, 0.5) is 0 Å². The maximum Gasteiger partial charge on any atom is 0.185 e. The van der Waals surface area contributed by atoms with Crippen LogP contribution in [0.25, 0.3) is 6.08 Å². The van der Waals surface area contributed by atoms with E-state index in [4.69, 9.17) is 6.85 Å². The highest BCUT2D eigenvalue weighted by atomic mass is 16.1. The number of rotatable bonds is 3. The first-order valence-corrected chi connectivity index (χ1v) is 4.78. The third-order valence-corrected chi connectivity index (χ3v) is 1.97. The average molecular weight is 213 g/mol. The molecule has 0 unspecified atom stereocenters. The van der Waals surface area contributed by atoms with Gasteiger partial charge in [-0.25, -0.2) is 0 Å². The van der Waals surface area contributed by atoms with Gasteiger partial charge in [0.15, 0.2) is 5.78 Å². The zero-order chi connectivity index (χ0) is 15.6. The Labute approximate surface area is 102 Å². The van der Waals surface area contributed by atoms with Crippen molar-refractivity contribution in [2.45, 2.75) is 0 Å². The van der Waals surface area contributed by atoms with Crippen LogP contribution in [0.1, 0.15) is 22.8 Å². The normalized spacial score (nSPS) is 14.9. The first kappa shape index (κ1) is 5.80. The molecular weight excluding hydrogens is 196 g/mol. The monoisotopic (exact) mass is 213 g/mol. The predicted molar refractivity (Wildman–Crippen MR) is 66.2 cm³/mol. The lowest BCUT2D eigenvalue weighted by Crippen LogP contribution is -1.92. The van der Waals surface area contributed by atoms with Crippen molar-refractivity contribution in [3.63, 3.8) is 0 Å². The van der Waals surface area contributed by atoms with Crippen molar-refractivity contribution < 1.29 is 11.6 Å². The summed E-state index contributed by atoms with van der Waals surface area (Å²) < 4.78 is 38.0. The molecule has 0 spiro atoms. The molecule has 0 radical (unpaired) electrons. The molecule has 2 aromatic carbocycles. The Morgan fingerprint density at radius 1 is 1.06 bits per heavy atom. The number of ketones is 1. The Morgan fingerprint density at radius 3 is 2.44 bits per heavy atom. The van der Waals surface area contributed by atoms with Gasteiger partial charge in [-0.1, -0.05) is 66.6 Å². The van der Waals surface area contributed by atoms with Crippen LogP contribution in [0.3, 0.4) is 0 Å². The molecule has 0 aromatic heterocycles. The van der Waals surface area contributed by atoms with Gasteiger partial charge >= 0.3 is 0 Å². The van der Waals surface area contributed by atoms with Crippen LogP contribution >= 0.6 is 0 Å². The molecule has 0 aliphatic carbocycles. The Morgan fingerprint density at radius 2 is 1.75 bits per heavy atom. The maximum atomic E-state index is 12.1. The van der Waals surface area contributed by atoms with Gasteiger partial charge in [-0.05, 0) is 11.6 Å². The fourth-order valence-electron chi connectivity index (χ4n) is 1.19. The summed E-state index contributed by atoms with van der Waals surface area (Å²) in [6.07, 6.45) is 2.76. The molecule has 1 nitrogen and oxygen atoms in total. The van der Waals surface area contributed by atoms with Crippen LogP contribution in [-0.4, -0.2) is 5.78 Å². The molecule has 2 rings (SSSR count). The highest BCUT2D eigenvalue weighted by Gasteiger charge is 1.98. The molecule has 1 heteroatoms. The van der Waals surface area contributed by atoms with E-state index in [2.05, 4.69) is 0 Å². The fourth-order valence-corrected chi connectivity index (χ4v) is 1.19. The molecule has 0 heterocycles. The van der Waals surface area contributed by atoms with E-state index in [1.54, 1.807) is 18.2 Å². The quantitative estimate of drug-likeness (QED) is 0.562. The van der Waals surface area contributed by atoms with E-state index >= 15 is 0 Å². The van der Waals surface area contributed by atoms with Crippen molar-refractivity contribution >= 4 is 11.9 Å². The molecule has 78 valence electrons. The SMILES string of the molecule is [2H]c1c([2H])c([2H])c(C(=O)C=Cc2ccccc2)c([2H])c1[2H]. The van der Waals surface area contributed by atoms with Crippen LogP contribution in [0.5, 0.6) is 0 Å². The summed E-state index contributed by atoms with van der Waals surface area (Å²) in [4.78, 5) is 12.1. The molecule has 0 N–H and O–H groups in total. The molecule has 0 atom stereocenters. The van der Waals surface area contributed by atoms with Crippen molar-refractivity contribution in [2.75, 3.05) is 0 Å². The van der Waals surface area contributed by atoms with Gasteiger partial charge in [-0.2, -0.15) is 0 Å². The molecule has 0 fully saturated rings. The second kappa shape index (κ2) is 5.08. The molecule has 2 aromatic rings. The number of hydrogen-bond acceptors (Lipinski definition) is 1. The van der Waals surface area contributed by atoms with E-state index in [0.717, 1.165) is 5.56 Å². The minimum Gasteiger partial charge on any atom is -0.289 e. The molecule has 0 bridgehead atoms. The molecule has 0 amide bonds. The van der Waals surface area contributed by atoms with Crippen molar-refractivity contribution in [2.24, 2.45) is 0 Å². The average Bonchev–Trinajstić information content (AvgIpc) is 2.50. The van der Waals surface area contributed by atoms with Crippen LogP contribution in [0, 0.1) is 0 Å². The standard InChI is InChI=1S/C15H12O/c16-15(14-9-5-2-6-10-14)12-11-13-7-3-1-4-8-13/h1-12H/i2D,5D,6D,9D,10D. The van der Waals surface area contributed by atoms with E-state index in [0.29, 0.717) is 0 Å². The highest BCUT2D eigenvalue weighted by molar-refractivity contribution is 6.06. The summed E-state index contributed by atoms with van der Waals surface area (Å²) in [6.45, 7) is 0. The summed E-state index contributed by atoms with van der Waals surface area (Å²) in [6, 6.07) is 6.58. The third kappa shape index (κ3) is 2.67. The first-order chi connectivity index (χ1) is 9.93. The lowest BCUT2D eigenvalue weighted by molar-refractivity contribution is 0.104. The Balaban J connectivity index is 2.43. The minimum atomic E-state index is -0.615. The largest absolute Gasteiger partial charge is 0.289 e. The van der Waals surface area contributed by atoms with E-state index in [9.17, 15) is 4.79 Å². The van der Waals surface area contributed by atoms with Gasteiger partial charge in [0, 0.05) is 5.56 Å². The minimum absolute atomic E-state index is 0.312. The molecule has 0 saturated heterocycles. The lowest BCUT2D eigenvalue weighted by atomic mass is 10.1. The van der Waals surface area contributed by atoms with Crippen LogP contribution in [0.15, 0.2) is 66.6 Å². The first-order valence-electron chi connectivity index (χ1n) is 7.28. The topological polar surface area (TPSA) is 17.1 Å². The van der Waals surface area contributed by atoms with E-state index < -0.39 is 36.0 Å². The van der Waals surface area contributed by atoms with Crippen molar-refractivity contribution in [1.29, 1.82) is 0 Å². The highest BCUT2D eigenvalue weighted by Crippen LogP contribution is 2.05. The zero-order valence-corrected chi connectivity index (χ0v) is 8.45. The number of benzene rings is 2. The van der Waals surface area contributed by atoms with E-state index in [1.807, 2.05) is 18.2 Å². The summed E-state index contributed by atoms with van der Waals surface area (Å²) in [5, 5.41) is 0. The zero-order valence-electron chi connectivity index (χ0n) is 13.4. The number of carbonyl (C=O) groups is 1. The van der Waals surface area contributed by atoms with Crippen molar-refractivity contribution in [1.82, 2.24) is 0 Å². The van der Waals surface area contributed by atoms with Gasteiger partial charge in [0.1, 0.15) is 0 Å². The second-order valence-corrected chi connectivity index (χ2v) is 3.11. The van der Waals surface area contributed by atoms with E-state index in [1.165, 1.54) is 6.08 Å². The maximum absolute atomic E-state index is 12.1. The van der Waals surface area contributed by atoms with Gasteiger partial charge in [0.05, 0.1) is 6.85 Å². The summed E-state index contributed by atoms with van der Waals surface area (Å²) >= 11 is 0. The van der Waals surface area contributed by atoms with Crippen LogP contribution < -0.4 is 0 Å². The van der Waals surface area contributed by atoms with Crippen molar-refractivity contribution in [3.8, 4) is 0 Å². The molecule has 0 saturated carbocycles.